The summed E-state index contributed by atoms with van der Waals surface area (Å²) in [5.41, 5.74) is 11.6. The lowest BCUT2D eigenvalue weighted by Gasteiger charge is -2.06. The van der Waals surface area contributed by atoms with Gasteiger partial charge in [0.2, 0.25) is 0 Å². The zero-order valence-corrected chi connectivity index (χ0v) is 7.43. The van der Waals surface area contributed by atoms with Crippen LogP contribution in [0.4, 0.5) is 17.1 Å². The molecule has 0 saturated heterocycles. The molecule has 0 spiro atoms. The predicted molar refractivity (Wildman–Crippen MR) is 52.7 cm³/mol. The van der Waals surface area contributed by atoms with Crippen molar-refractivity contribution in [2.45, 2.75) is 6.42 Å². The van der Waals surface area contributed by atoms with Gasteiger partial charge in [0.1, 0.15) is 5.69 Å². The molecule has 1 aromatic rings. The first-order chi connectivity index (χ1) is 6.57. The third kappa shape index (κ3) is 1.74. The standard InChI is InChI=1S/C8H11N3O3/c9-7-5(3-4-12)1-2-6(8(7)10)11(13)14/h1-2,12H,3-4,9-10H2. The van der Waals surface area contributed by atoms with E-state index in [4.69, 9.17) is 16.6 Å². The second-order valence-electron chi connectivity index (χ2n) is 2.80. The minimum absolute atomic E-state index is 0.0408. The molecule has 0 saturated carbocycles. The number of benzene rings is 1. The molecule has 14 heavy (non-hydrogen) atoms. The fourth-order valence-electron chi connectivity index (χ4n) is 1.17. The minimum Gasteiger partial charge on any atom is -0.397 e. The van der Waals surface area contributed by atoms with Crippen LogP contribution in [-0.4, -0.2) is 16.6 Å². The molecule has 0 aliphatic heterocycles. The lowest BCUT2D eigenvalue weighted by molar-refractivity contribution is -0.383. The van der Waals surface area contributed by atoms with E-state index in [0.29, 0.717) is 12.0 Å². The Hall–Kier alpha value is -1.82. The van der Waals surface area contributed by atoms with E-state index in [9.17, 15) is 10.1 Å². The molecule has 0 aromatic heterocycles. The number of anilines is 2. The van der Waals surface area contributed by atoms with Crippen LogP contribution in [0, 0.1) is 10.1 Å². The lowest BCUT2D eigenvalue weighted by Crippen LogP contribution is -2.04. The second kappa shape index (κ2) is 3.93. The number of nitro groups is 1. The predicted octanol–water partition coefficient (Wildman–Crippen LogP) is 0.294. The van der Waals surface area contributed by atoms with Gasteiger partial charge >= 0.3 is 0 Å². The Kier molecular flexibility index (Phi) is 2.88. The van der Waals surface area contributed by atoms with Crippen LogP contribution in [-0.2, 0) is 6.42 Å². The first-order valence-corrected chi connectivity index (χ1v) is 4.00. The van der Waals surface area contributed by atoms with Gasteiger partial charge in [-0.1, -0.05) is 0 Å². The van der Waals surface area contributed by atoms with Crippen molar-refractivity contribution in [1.82, 2.24) is 0 Å². The third-order valence-corrected chi connectivity index (χ3v) is 1.93. The Morgan fingerprint density at radius 3 is 2.50 bits per heavy atom. The lowest BCUT2D eigenvalue weighted by atomic mass is 10.1. The van der Waals surface area contributed by atoms with Gasteiger partial charge in [0, 0.05) is 12.7 Å². The van der Waals surface area contributed by atoms with Crippen LogP contribution in [0.3, 0.4) is 0 Å². The van der Waals surface area contributed by atoms with Gasteiger partial charge in [-0.3, -0.25) is 10.1 Å². The van der Waals surface area contributed by atoms with Gasteiger partial charge in [0.25, 0.3) is 5.69 Å². The molecule has 0 aliphatic carbocycles. The molecular weight excluding hydrogens is 186 g/mol. The zero-order valence-electron chi connectivity index (χ0n) is 7.43. The van der Waals surface area contributed by atoms with Gasteiger partial charge in [-0.15, -0.1) is 0 Å². The molecule has 1 aromatic carbocycles. The van der Waals surface area contributed by atoms with Crippen molar-refractivity contribution in [2.24, 2.45) is 0 Å². The van der Waals surface area contributed by atoms with Crippen molar-refractivity contribution >= 4 is 17.1 Å². The van der Waals surface area contributed by atoms with Crippen LogP contribution in [0.25, 0.3) is 0 Å². The first kappa shape index (κ1) is 10.3. The average Bonchev–Trinajstić information content (AvgIpc) is 2.13. The molecule has 0 amide bonds. The number of nitrogens with two attached hydrogens (primary N) is 2. The number of hydrogen-bond donors (Lipinski definition) is 3. The number of nitrogens with zero attached hydrogens (tertiary/aromatic N) is 1. The highest BCUT2D eigenvalue weighted by atomic mass is 16.6. The molecule has 0 unspecified atom stereocenters. The van der Waals surface area contributed by atoms with Crippen molar-refractivity contribution in [3.63, 3.8) is 0 Å². The summed E-state index contributed by atoms with van der Waals surface area (Å²) in [5, 5.41) is 19.1. The molecular formula is C8H11N3O3. The topological polar surface area (TPSA) is 115 Å². The maximum atomic E-state index is 10.5. The maximum Gasteiger partial charge on any atom is 0.294 e. The molecule has 0 radical (unpaired) electrons. The number of aliphatic hydroxyl groups is 1. The Morgan fingerprint density at radius 1 is 1.36 bits per heavy atom. The molecule has 0 bridgehead atoms. The van der Waals surface area contributed by atoms with E-state index in [1.54, 1.807) is 0 Å². The number of nitrogen functional groups attached to an aromatic ring is 2. The Bertz CT molecular complexity index is 365. The highest BCUT2D eigenvalue weighted by Gasteiger charge is 2.15. The fraction of sp³-hybridized carbons (Fsp3) is 0.250. The first-order valence-electron chi connectivity index (χ1n) is 4.00. The van der Waals surface area contributed by atoms with Gasteiger partial charge in [0.05, 0.1) is 10.6 Å². The monoisotopic (exact) mass is 197 g/mol. The van der Waals surface area contributed by atoms with Crippen LogP contribution in [0.5, 0.6) is 0 Å². The molecule has 6 heteroatoms. The van der Waals surface area contributed by atoms with Crippen molar-refractivity contribution in [3.8, 4) is 0 Å². The van der Waals surface area contributed by atoms with E-state index >= 15 is 0 Å². The van der Waals surface area contributed by atoms with Crippen molar-refractivity contribution in [3.05, 3.63) is 27.8 Å². The van der Waals surface area contributed by atoms with Gasteiger partial charge in [-0.05, 0) is 18.1 Å². The summed E-state index contributed by atoms with van der Waals surface area (Å²) in [5.74, 6) is 0. The van der Waals surface area contributed by atoms with Crippen LogP contribution in [0.2, 0.25) is 0 Å². The summed E-state index contributed by atoms with van der Waals surface area (Å²) in [6.45, 7) is -0.0680. The largest absolute Gasteiger partial charge is 0.397 e. The maximum absolute atomic E-state index is 10.5. The number of rotatable bonds is 3. The fourth-order valence-corrected chi connectivity index (χ4v) is 1.17. The molecule has 6 nitrogen and oxygen atoms in total. The van der Waals surface area contributed by atoms with Gasteiger partial charge < -0.3 is 16.6 Å². The molecule has 0 atom stereocenters. The normalized spacial score (nSPS) is 10.1. The summed E-state index contributed by atoms with van der Waals surface area (Å²) in [7, 11) is 0. The van der Waals surface area contributed by atoms with Crippen molar-refractivity contribution < 1.29 is 10.0 Å². The summed E-state index contributed by atoms with van der Waals surface area (Å²) >= 11 is 0. The number of hydrogen-bond acceptors (Lipinski definition) is 5. The molecule has 0 fully saturated rings. The minimum atomic E-state index is -0.589. The smallest absolute Gasteiger partial charge is 0.294 e. The second-order valence-corrected chi connectivity index (χ2v) is 2.80. The summed E-state index contributed by atoms with van der Waals surface area (Å²) in [6, 6.07) is 2.79. The highest BCUT2D eigenvalue weighted by molar-refractivity contribution is 5.77. The number of nitro benzene ring substituents is 1. The van der Waals surface area contributed by atoms with Crippen LogP contribution in [0.15, 0.2) is 12.1 Å². The molecule has 5 N–H and O–H groups in total. The molecule has 0 heterocycles. The van der Waals surface area contributed by atoms with E-state index in [2.05, 4.69) is 0 Å². The van der Waals surface area contributed by atoms with Gasteiger partial charge in [-0.2, -0.15) is 0 Å². The van der Waals surface area contributed by atoms with Crippen LogP contribution >= 0.6 is 0 Å². The Balaban J connectivity index is 3.19. The quantitative estimate of drug-likeness (QED) is 0.366. The van der Waals surface area contributed by atoms with E-state index in [-0.39, 0.29) is 23.7 Å². The zero-order chi connectivity index (χ0) is 10.7. The Labute approximate surface area is 80.3 Å². The average molecular weight is 197 g/mol. The molecule has 0 aliphatic rings. The Morgan fingerprint density at radius 2 is 2.00 bits per heavy atom. The third-order valence-electron chi connectivity index (χ3n) is 1.93. The molecule has 1 rings (SSSR count). The van der Waals surface area contributed by atoms with Crippen LogP contribution < -0.4 is 11.5 Å². The van der Waals surface area contributed by atoms with Gasteiger partial charge in [-0.25, -0.2) is 0 Å². The van der Waals surface area contributed by atoms with E-state index in [1.165, 1.54) is 12.1 Å². The van der Waals surface area contributed by atoms with Crippen molar-refractivity contribution in [1.29, 1.82) is 0 Å². The highest BCUT2D eigenvalue weighted by Crippen LogP contribution is 2.30. The van der Waals surface area contributed by atoms with E-state index in [1.807, 2.05) is 0 Å². The summed E-state index contributed by atoms with van der Waals surface area (Å²) < 4.78 is 0. The summed E-state index contributed by atoms with van der Waals surface area (Å²) in [4.78, 5) is 9.87. The summed E-state index contributed by atoms with van der Waals surface area (Å²) in [6.07, 6.45) is 0.341. The number of aliphatic hydroxyl groups excluding tert-OH is 1. The van der Waals surface area contributed by atoms with Crippen molar-refractivity contribution in [2.75, 3.05) is 18.1 Å². The van der Waals surface area contributed by atoms with E-state index in [0.717, 1.165) is 0 Å². The SMILES string of the molecule is Nc1c(CCO)ccc([N+](=O)[O-])c1N. The van der Waals surface area contributed by atoms with E-state index < -0.39 is 4.92 Å². The van der Waals surface area contributed by atoms with Crippen LogP contribution in [0.1, 0.15) is 5.56 Å². The molecule has 76 valence electrons. The van der Waals surface area contributed by atoms with Gasteiger partial charge in [0.15, 0.2) is 0 Å².